The first-order chi connectivity index (χ1) is 10.1. The lowest BCUT2D eigenvalue weighted by molar-refractivity contribution is 0.0972. The molecule has 7 heteroatoms. The molecule has 0 aromatic heterocycles. The van der Waals surface area contributed by atoms with Crippen molar-refractivity contribution >= 4 is 10.0 Å². The third-order valence-electron chi connectivity index (χ3n) is 5.17. The first kappa shape index (κ1) is 15.7. The molecule has 3 fully saturated rings. The van der Waals surface area contributed by atoms with E-state index < -0.39 is 10.0 Å². The van der Waals surface area contributed by atoms with Crippen molar-refractivity contribution < 1.29 is 13.2 Å². The summed E-state index contributed by atoms with van der Waals surface area (Å²) < 4.78 is 32.4. The summed E-state index contributed by atoms with van der Waals surface area (Å²) in [5.74, 6) is 0. The third-order valence-corrected chi connectivity index (χ3v) is 7.53. The van der Waals surface area contributed by atoms with E-state index in [1.807, 2.05) is 0 Å². The Hall–Kier alpha value is -0.210. The average Bonchev–Trinajstić information content (AvgIpc) is 2.99. The predicted molar refractivity (Wildman–Crippen MR) is 81.5 cm³/mol. The predicted octanol–water partition coefficient (Wildman–Crippen LogP) is -0.00740. The lowest BCUT2D eigenvalue weighted by atomic mass is 10.0. The largest absolute Gasteiger partial charge is 0.381 e. The normalized spacial score (nSPS) is 31.8. The summed E-state index contributed by atoms with van der Waals surface area (Å²) in [4.78, 5) is 2.43. The number of hydrogen-bond donors (Lipinski definition) is 1. The highest BCUT2D eigenvalue weighted by atomic mass is 32.2. The summed E-state index contributed by atoms with van der Waals surface area (Å²) >= 11 is 0. The minimum absolute atomic E-state index is 0.236. The minimum atomic E-state index is -3.14. The van der Waals surface area contributed by atoms with Crippen molar-refractivity contribution in [3.63, 3.8) is 0 Å². The maximum Gasteiger partial charge on any atom is 0.217 e. The van der Waals surface area contributed by atoms with Crippen LogP contribution in [0.1, 0.15) is 32.1 Å². The molecule has 3 saturated heterocycles. The number of hydrogen-bond acceptors (Lipinski definition) is 5. The van der Waals surface area contributed by atoms with Crippen molar-refractivity contribution in [3.05, 3.63) is 0 Å². The maximum absolute atomic E-state index is 12.7. The fourth-order valence-electron chi connectivity index (χ4n) is 3.71. The fraction of sp³-hybridized carbons (Fsp3) is 1.00. The molecule has 0 aliphatic carbocycles. The Kier molecular flexibility index (Phi) is 4.85. The summed E-state index contributed by atoms with van der Waals surface area (Å²) in [5.41, 5.74) is 5.94. The third kappa shape index (κ3) is 3.42. The molecular weight excluding hydrogens is 290 g/mol. The van der Waals surface area contributed by atoms with Gasteiger partial charge in [-0.2, -0.15) is 0 Å². The first-order valence-corrected chi connectivity index (χ1v) is 9.64. The molecule has 3 rings (SSSR count). The van der Waals surface area contributed by atoms with Crippen LogP contribution >= 0.6 is 0 Å². The second kappa shape index (κ2) is 6.50. The molecule has 0 spiro atoms. The molecule has 0 radical (unpaired) electrons. The van der Waals surface area contributed by atoms with Gasteiger partial charge in [-0.1, -0.05) is 0 Å². The number of nitrogens with two attached hydrogens (primary N) is 1. The number of nitrogens with zero attached hydrogens (tertiary/aromatic N) is 2. The van der Waals surface area contributed by atoms with Crippen molar-refractivity contribution in [3.8, 4) is 0 Å². The van der Waals surface area contributed by atoms with Crippen LogP contribution in [0.5, 0.6) is 0 Å². The molecule has 3 aliphatic heterocycles. The number of ether oxygens (including phenoxy) is 1. The van der Waals surface area contributed by atoms with Crippen LogP contribution in [0.4, 0.5) is 0 Å². The van der Waals surface area contributed by atoms with E-state index >= 15 is 0 Å². The Morgan fingerprint density at radius 3 is 2.29 bits per heavy atom. The van der Waals surface area contributed by atoms with Crippen molar-refractivity contribution in [1.82, 2.24) is 9.21 Å². The van der Waals surface area contributed by atoms with E-state index in [1.54, 1.807) is 4.31 Å². The SMILES string of the molecule is NC1CCN(C2CCN(S(=O)(=O)C3CCOCC3)C2)CC1. The number of piperidine rings is 1. The Morgan fingerprint density at radius 2 is 1.62 bits per heavy atom. The topological polar surface area (TPSA) is 75.9 Å². The van der Waals surface area contributed by atoms with E-state index in [9.17, 15) is 8.42 Å². The quantitative estimate of drug-likeness (QED) is 0.792. The number of sulfonamides is 1. The monoisotopic (exact) mass is 317 g/mol. The van der Waals surface area contributed by atoms with Gasteiger partial charge in [0, 0.05) is 38.4 Å². The second-order valence-electron chi connectivity index (χ2n) is 6.53. The molecular formula is C14H27N3O3S. The van der Waals surface area contributed by atoms with Gasteiger partial charge in [0.05, 0.1) is 5.25 Å². The molecule has 0 aromatic rings. The van der Waals surface area contributed by atoms with Crippen LogP contribution in [0.15, 0.2) is 0 Å². The van der Waals surface area contributed by atoms with Crippen molar-refractivity contribution in [2.75, 3.05) is 39.4 Å². The van der Waals surface area contributed by atoms with Gasteiger partial charge in [0.25, 0.3) is 0 Å². The van der Waals surface area contributed by atoms with Gasteiger partial charge in [0.15, 0.2) is 0 Å². The van der Waals surface area contributed by atoms with Crippen LogP contribution in [-0.2, 0) is 14.8 Å². The van der Waals surface area contributed by atoms with Crippen LogP contribution in [-0.4, -0.2) is 74.3 Å². The van der Waals surface area contributed by atoms with E-state index in [-0.39, 0.29) is 5.25 Å². The van der Waals surface area contributed by atoms with Crippen molar-refractivity contribution in [1.29, 1.82) is 0 Å². The molecule has 3 aliphatic rings. The Bertz CT molecular complexity index is 442. The van der Waals surface area contributed by atoms with Crippen LogP contribution in [0.25, 0.3) is 0 Å². The van der Waals surface area contributed by atoms with Gasteiger partial charge in [-0.3, -0.25) is 4.90 Å². The molecule has 3 heterocycles. The summed E-state index contributed by atoms with van der Waals surface area (Å²) in [6.07, 6.45) is 4.30. The Balaban J connectivity index is 1.58. The highest BCUT2D eigenvalue weighted by molar-refractivity contribution is 7.89. The van der Waals surface area contributed by atoms with Crippen molar-refractivity contribution in [2.24, 2.45) is 5.73 Å². The van der Waals surface area contributed by atoms with Gasteiger partial charge in [0.2, 0.25) is 10.0 Å². The summed E-state index contributed by atoms with van der Waals surface area (Å²) in [6.45, 7) is 4.51. The summed E-state index contributed by atoms with van der Waals surface area (Å²) in [6, 6.07) is 0.705. The molecule has 122 valence electrons. The molecule has 1 unspecified atom stereocenters. The highest BCUT2D eigenvalue weighted by Crippen LogP contribution is 2.26. The lowest BCUT2D eigenvalue weighted by Gasteiger charge is -2.35. The molecule has 0 amide bonds. The first-order valence-electron chi connectivity index (χ1n) is 8.13. The zero-order valence-electron chi connectivity index (χ0n) is 12.6. The van der Waals surface area contributed by atoms with Crippen LogP contribution in [0, 0.1) is 0 Å². The van der Waals surface area contributed by atoms with Gasteiger partial charge in [-0.05, 0) is 45.2 Å². The number of rotatable bonds is 3. The zero-order chi connectivity index (χ0) is 14.9. The Labute approximate surface area is 127 Å². The second-order valence-corrected chi connectivity index (χ2v) is 8.74. The van der Waals surface area contributed by atoms with E-state index in [2.05, 4.69) is 4.90 Å². The molecule has 0 aromatic carbocycles. The van der Waals surface area contributed by atoms with Crippen LogP contribution in [0.2, 0.25) is 0 Å². The van der Waals surface area contributed by atoms with Crippen LogP contribution in [0.3, 0.4) is 0 Å². The summed E-state index contributed by atoms with van der Waals surface area (Å²) in [7, 11) is -3.14. The maximum atomic E-state index is 12.7. The van der Waals surface area contributed by atoms with Gasteiger partial charge >= 0.3 is 0 Å². The molecule has 0 bridgehead atoms. The molecule has 6 nitrogen and oxygen atoms in total. The van der Waals surface area contributed by atoms with E-state index in [1.165, 1.54) is 0 Å². The Morgan fingerprint density at radius 1 is 0.952 bits per heavy atom. The van der Waals surface area contributed by atoms with Gasteiger partial charge in [0.1, 0.15) is 0 Å². The number of likely N-dealkylation sites (tertiary alicyclic amines) is 1. The summed E-state index contributed by atoms with van der Waals surface area (Å²) in [5, 5.41) is -0.236. The highest BCUT2D eigenvalue weighted by Gasteiger charge is 2.39. The molecule has 1 atom stereocenters. The van der Waals surface area contributed by atoms with Crippen molar-refractivity contribution in [2.45, 2.75) is 49.4 Å². The zero-order valence-corrected chi connectivity index (χ0v) is 13.4. The van der Waals surface area contributed by atoms with Gasteiger partial charge in [-0.15, -0.1) is 0 Å². The van der Waals surface area contributed by atoms with E-state index in [0.29, 0.717) is 51.2 Å². The molecule has 21 heavy (non-hydrogen) atoms. The van der Waals surface area contributed by atoms with Gasteiger partial charge in [-0.25, -0.2) is 12.7 Å². The molecule has 0 saturated carbocycles. The van der Waals surface area contributed by atoms with E-state index in [0.717, 1.165) is 32.4 Å². The molecule has 2 N–H and O–H groups in total. The average molecular weight is 317 g/mol. The lowest BCUT2D eigenvalue weighted by Crippen LogP contribution is -2.47. The van der Waals surface area contributed by atoms with E-state index in [4.69, 9.17) is 10.5 Å². The standard InChI is InChI=1S/C14H27N3O3S/c15-12-1-6-16(7-2-12)13-3-8-17(11-13)21(18,19)14-4-9-20-10-5-14/h12-14H,1-11,15H2. The van der Waals surface area contributed by atoms with Gasteiger partial charge < -0.3 is 10.5 Å². The van der Waals surface area contributed by atoms with Crippen LogP contribution < -0.4 is 5.73 Å². The minimum Gasteiger partial charge on any atom is -0.381 e. The smallest absolute Gasteiger partial charge is 0.217 e. The fourth-order valence-corrected chi connectivity index (χ4v) is 5.66.